The van der Waals surface area contributed by atoms with Crippen molar-refractivity contribution in [2.45, 2.75) is 37.9 Å². The molecule has 1 aromatic carbocycles. The van der Waals surface area contributed by atoms with E-state index in [0.29, 0.717) is 19.4 Å². The number of hydrogen-bond acceptors (Lipinski definition) is 4. The second-order valence-corrected chi connectivity index (χ2v) is 8.80. The Morgan fingerprint density at radius 1 is 1.38 bits per heavy atom. The summed E-state index contributed by atoms with van der Waals surface area (Å²) in [7, 11) is -3.48. The van der Waals surface area contributed by atoms with Gasteiger partial charge in [0, 0.05) is 18.8 Å². The molecule has 0 saturated heterocycles. The Balaban J connectivity index is 1.79. The normalized spacial score (nSPS) is 17.9. The number of carbonyl (C=O) groups is 1. The van der Waals surface area contributed by atoms with Crippen LogP contribution >= 0.6 is 0 Å². The number of aliphatic hydroxyl groups excluding tert-OH is 1. The first-order chi connectivity index (χ1) is 11.4. The Labute approximate surface area is 143 Å². The van der Waals surface area contributed by atoms with E-state index >= 15 is 0 Å². The molecular formula is C17H24N2O4S. The highest BCUT2D eigenvalue weighted by atomic mass is 32.2. The van der Waals surface area contributed by atoms with E-state index in [4.69, 9.17) is 0 Å². The van der Waals surface area contributed by atoms with Gasteiger partial charge in [0.2, 0.25) is 15.9 Å². The van der Waals surface area contributed by atoms with Crippen LogP contribution in [0, 0.1) is 6.92 Å². The molecule has 0 atom stereocenters. The lowest BCUT2D eigenvalue weighted by molar-refractivity contribution is -0.119. The molecule has 132 valence electrons. The number of hydrogen-bond donors (Lipinski definition) is 1. The smallest absolute Gasteiger partial charge is 0.242 e. The monoisotopic (exact) mass is 352 g/mol. The summed E-state index contributed by atoms with van der Waals surface area (Å²) in [4.78, 5) is 14.4. The van der Waals surface area contributed by atoms with Crippen LogP contribution in [-0.4, -0.2) is 55.2 Å². The summed E-state index contributed by atoms with van der Waals surface area (Å²) in [6.45, 7) is 2.11. The number of anilines is 1. The van der Waals surface area contributed by atoms with Crippen molar-refractivity contribution in [3.8, 4) is 0 Å². The number of aryl methyl sites for hydroxylation is 2. The number of rotatable bonds is 6. The van der Waals surface area contributed by atoms with Crippen LogP contribution in [0.15, 0.2) is 18.2 Å². The predicted octanol–water partition coefficient (Wildman–Crippen LogP) is 1.06. The molecule has 0 unspecified atom stereocenters. The largest absolute Gasteiger partial charge is 0.395 e. The summed E-state index contributed by atoms with van der Waals surface area (Å²) in [6.07, 6.45) is 3.09. The van der Waals surface area contributed by atoms with Crippen LogP contribution in [-0.2, 0) is 21.2 Å². The zero-order valence-electron chi connectivity index (χ0n) is 13.9. The lowest BCUT2D eigenvalue weighted by atomic mass is 9.99. The quantitative estimate of drug-likeness (QED) is 0.830. The van der Waals surface area contributed by atoms with Gasteiger partial charge in [0.1, 0.15) is 0 Å². The van der Waals surface area contributed by atoms with Gasteiger partial charge in [-0.15, -0.1) is 0 Å². The van der Waals surface area contributed by atoms with E-state index in [9.17, 15) is 18.3 Å². The molecule has 3 rings (SSSR count). The average Bonchev–Trinajstić information content (AvgIpc) is 3.38. The summed E-state index contributed by atoms with van der Waals surface area (Å²) in [5.74, 6) is -0.225. The summed E-state index contributed by atoms with van der Waals surface area (Å²) in [5.41, 5.74) is 3.17. The molecule has 0 bridgehead atoms. The van der Waals surface area contributed by atoms with Gasteiger partial charge in [-0.1, -0.05) is 17.7 Å². The van der Waals surface area contributed by atoms with E-state index in [-0.39, 0.29) is 30.9 Å². The summed E-state index contributed by atoms with van der Waals surface area (Å²) in [5, 5.41) is 8.80. The molecule has 24 heavy (non-hydrogen) atoms. The molecule has 1 N–H and O–H groups in total. The lowest BCUT2D eigenvalue weighted by Gasteiger charge is -2.31. The van der Waals surface area contributed by atoms with Crippen molar-refractivity contribution < 1.29 is 18.3 Å². The second-order valence-electron chi connectivity index (χ2n) is 6.58. The summed E-state index contributed by atoms with van der Waals surface area (Å²) < 4.78 is 26.0. The van der Waals surface area contributed by atoms with Crippen LogP contribution in [0.1, 0.15) is 30.4 Å². The maximum absolute atomic E-state index is 12.8. The minimum Gasteiger partial charge on any atom is -0.395 e. The molecule has 1 fully saturated rings. The molecule has 1 aliphatic carbocycles. The number of nitrogens with zero attached hydrogens (tertiary/aromatic N) is 2. The zero-order valence-corrected chi connectivity index (χ0v) is 14.8. The van der Waals surface area contributed by atoms with Gasteiger partial charge < -0.3 is 10.0 Å². The standard InChI is InChI=1S/C17H24N2O4S/c1-13-4-7-16-14(11-13)3-2-8-19(16)17(21)12-18(9-10-20)24(22,23)15-5-6-15/h4,7,11,15,20H,2-3,5-6,8-10,12H2,1H3. The van der Waals surface area contributed by atoms with E-state index in [1.807, 2.05) is 19.1 Å². The lowest BCUT2D eigenvalue weighted by Crippen LogP contribution is -2.46. The highest BCUT2D eigenvalue weighted by Crippen LogP contribution is 2.32. The predicted molar refractivity (Wildman–Crippen MR) is 92.5 cm³/mol. The molecule has 1 aromatic rings. The topological polar surface area (TPSA) is 77.9 Å². The number of carbonyl (C=O) groups excluding carboxylic acids is 1. The van der Waals surface area contributed by atoms with E-state index in [1.165, 1.54) is 0 Å². The average molecular weight is 352 g/mol. The molecular weight excluding hydrogens is 328 g/mol. The van der Waals surface area contributed by atoms with Gasteiger partial charge in [0.25, 0.3) is 0 Å². The fraction of sp³-hybridized carbons (Fsp3) is 0.588. The zero-order chi connectivity index (χ0) is 17.3. The van der Waals surface area contributed by atoms with E-state index < -0.39 is 10.0 Å². The maximum atomic E-state index is 12.8. The highest BCUT2D eigenvalue weighted by molar-refractivity contribution is 7.90. The number of sulfonamides is 1. The van der Waals surface area contributed by atoms with Gasteiger partial charge in [0.05, 0.1) is 18.4 Å². The molecule has 6 nitrogen and oxygen atoms in total. The van der Waals surface area contributed by atoms with Gasteiger partial charge in [-0.25, -0.2) is 8.42 Å². The molecule has 0 radical (unpaired) electrons. The van der Waals surface area contributed by atoms with Crippen LogP contribution in [0.5, 0.6) is 0 Å². The van der Waals surface area contributed by atoms with Crippen molar-refractivity contribution in [3.05, 3.63) is 29.3 Å². The van der Waals surface area contributed by atoms with E-state index in [0.717, 1.165) is 34.0 Å². The van der Waals surface area contributed by atoms with E-state index in [1.54, 1.807) is 4.90 Å². The molecule has 1 saturated carbocycles. The number of aliphatic hydroxyl groups is 1. The summed E-state index contributed by atoms with van der Waals surface area (Å²) in [6, 6.07) is 5.99. The number of amides is 1. The third-order valence-electron chi connectivity index (χ3n) is 4.62. The molecule has 1 heterocycles. The summed E-state index contributed by atoms with van der Waals surface area (Å²) >= 11 is 0. The van der Waals surface area contributed by atoms with Crippen molar-refractivity contribution in [1.82, 2.24) is 4.31 Å². The van der Waals surface area contributed by atoms with Gasteiger partial charge in [-0.3, -0.25) is 4.79 Å². The van der Waals surface area contributed by atoms with Crippen LogP contribution in [0.2, 0.25) is 0 Å². The van der Waals surface area contributed by atoms with Crippen LogP contribution in [0.25, 0.3) is 0 Å². The molecule has 2 aliphatic rings. The third kappa shape index (κ3) is 3.48. The molecule has 7 heteroatoms. The Bertz CT molecular complexity index is 728. The Kier molecular flexibility index (Phi) is 4.94. The fourth-order valence-corrected chi connectivity index (χ4v) is 4.99. The van der Waals surface area contributed by atoms with Gasteiger partial charge in [-0.2, -0.15) is 4.31 Å². The minimum atomic E-state index is -3.48. The molecule has 1 amide bonds. The van der Waals surface area contributed by atoms with Gasteiger partial charge >= 0.3 is 0 Å². The molecule has 1 aliphatic heterocycles. The maximum Gasteiger partial charge on any atom is 0.242 e. The number of benzene rings is 1. The fourth-order valence-electron chi connectivity index (χ4n) is 3.21. The van der Waals surface area contributed by atoms with Gasteiger partial charge in [0.15, 0.2) is 0 Å². The van der Waals surface area contributed by atoms with Crippen molar-refractivity contribution in [2.75, 3.05) is 31.1 Å². The third-order valence-corrected chi connectivity index (χ3v) is 6.97. The Hall–Kier alpha value is -1.44. The first kappa shape index (κ1) is 17.4. The van der Waals surface area contributed by atoms with Gasteiger partial charge in [-0.05, 0) is 44.2 Å². The van der Waals surface area contributed by atoms with Crippen molar-refractivity contribution in [1.29, 1.82) is 0 Å². The minimum absolute atomic E-state index is 0.0286. The van der Waals surface area contributed by atoms with Crippen LogP contribution in [0.4, 0.5) is 5.69 Å². The molecule has 0 spiro atoms. The number of fused-ring (bicyclic) bond motifs is 1. The highest BCUT2D eigenvalue weighted by Gasteiger charge is 2.41. The van der Waals surface area contributed by atoms with Crippen molar-refractivity contribution in [3.63, 3.8) is 0 Å². The van der Waals surface area contributed by atoms with E-state index in [2.05, 4.69) is 6.07 Å². The van der Waals surface area contributed by atoms with Crippen LogP contribution in [0.3, 0.4) is 0 Å². The Morgan fingerprint density at radius 3 is 2.79 bits per heavy atom. The second kappa shape index (κ2) is 6.82. The first-order valence-corrected chi connectivity index (χ1v) is 9.93. The molecule has 0 aromatic heterocycles. The van der Waals surface area contributed by atoms with Crippen LogP contribution < -0.4 is 4.90 Å². The Morgan fingerprint density at radius 2 is 2.12 bits per heavy atom. The SMILES string of the molecule is Cc1ccc2c(c1)CCCN2C(=O)CN(CCO)S(=O)(=O)C1CC1. The van der Waals surface area contributed by atoms with Crippen molar-refractivity contribution >= 4 is 21.6 Å². The van der Waals surface area contributed by atoms with Crippen molar-refractivity contribution in [2.24, 2.45) is 0 Å². The first-order valence-electron chi connectivity index (χ1n) is 8.43.